The van der Waals surface area contributed by atoms with Crippen LogP contribution >= 0.6 is 0 Å². The van der Waals surface area contributed by atoms with Gasteiger partial charge in [-0.05, 0) is 19.3 Å². The largest absolute Gasteiger partial charge is 0.481 e. The molecule has 7 heteroatoms. The van der Waals surface area contributed by atoms with Crippen LogP contribution in [0.25, 0.3) is 0 Å². The minimum Gasteiger partial charge on any atom is -0.481 e. The van der Waals surface area contributed by atoms with E-state index in [1.165, 1.54) is 250 Å². The van der Waals surface area contributed by atoms with Crippen molar-refractivity contribution in [2.45, 2.75) is 329 Å². The molecule has 0 aliphatic carbocycles. The minimum atomic E-state index is -0.653. The summed E-state index contributed by atoms with van der Waals surface area (Å²) in [6.07, 6.45) is 60.6. The fourth-order valence-corrected chi connectivity index (χ4v) is 7.94. The number of hydrogen-bond donors (Lipinski definition) is 3. The van der Waals surface area contributed by atoms with Crippen LogP contribution in [-0.4, -0.2) is 56.3 Å². The van der Waals surface area contributed by atoms with Crippen LogP contribution in [0.15, 0.2) is 0 Å². The average molecular weight is 880 g/mol. The third kappa shape index (κ3) is 76.8. The molecule has 0 radical (unpaired) electrons. The van der Waals surface area contributed by atoms with E-state index < -0.39 is 17.9 Å². The van der Waals surface area contributed by atoms with Gasteiger partial charge in [-0.2, -0.15) is 0 Å². The highest BCUT2D eigenvalue weighted by Crippen LogP contribution is 2.16. The molecule has 0 aromatic carbocycles. The lowest BCUT2D eigenvalue weighted by molar-refractivity contribution is -0.138. The maximum atomic E-state index is 10.3. The molecule has 0 rings (SSSR count). The van der Waals surface area contributed by atoms with Gasteiger partial charge in [-0.15, -0.1) is 0 Å². The Hall–Kier alpha value is -0.824. The molecule has 0 saturated carbocycles. The highest BCUT2D eigenvalue weighted by atomic mass is 24.3. The number of carbonyl (C=O) groups is 3. The van der Waals surface area contributed by atoms with E-state index in [0.29, 0.717) is 19.3 Å². The molecule has 0 aromatic rings. The summed E-state index contributed by atoms with van der Waals surface area (Å²) >= 11 is 0. The molecule has 0 fully saturated rings. The molecule has 0 amide bonds. The van der Waals surface area contributed by atoms with Crippen molar-refractivity contribution in [2.24, 2.45) is 0 Å². The van der Waals surface area contributed by atoms with Crippen molar-refractivity contribution < 1.29 is 29.7 Å². The summed E-state index contributed by atoms with van der Waals surface area (Å²) in [6.45, 7) is 6.81. The molecule has 61 heavy (non-hydrogen) atoms. The zero-order chi connectivity index (χ0) is 44.7. The molecule has 0 saturated heterocycles. The van der Waals surface area contributed by atoms with Crippen molar-refractivity contribution in [1.29, 1.82) is 0 Å². The third-order valence-electron chi connectivity index (χ3n) is 12.0. The first-order valence-corrected chi connectivity index (χ1v) is 27.0. The predicted molar refractivity (Wildman–Crippen MR) is 270 cm³/mol. The summed E-state index contributed by atoms with van der Waals surface area (Å²) in [5.41, 5.74) is 0. The first kappa shape index (κ1) is 66.8. The number of hydrogen-bond acceptors (Lipinski definition) is 3. The van der Waals surface area contributed by atoms with Gasteiger partial charge in [0.15, 0.2) is 0 Å². The first-order chi connectivity index (χ1) is 29.3. The van der Waals surface area contributed by atoms with Gasteiger partial charge in [0, 0.05) is 19.3 Å². The Morgan fingerprint density at radius 1 is 0.213 bits per heavy atom. The van der Waals surface area contributed by atoms with Crippen LogP contribution in [0.3, 0.4) is 0 Å². The zero-order valence-electron chi connectivity index (χ0n) is 41.0. The molecular formula is C54H110MgO6. The van der Waals surface area contributed by atoms with Gasteiger partial charge in [0.05, 0.1) is 0 Å². The summed E-state index contributed by atoms with van der Waals surface area (Å²) in [7, 11) is 0. The van der Waals surface area contributed by atoms with Gasteiger partial charge in [0.1, 0.15) is 0 Å². The molecule has 0 atom stereocenters. The van der Waals surface area contributed by atoms with Gasteiger partial charge >= 0.3 is 41.0 Å². The Bertz CT molecular complexity index is 717. The van der Waals surface area contributed by atoms with Crippen LogP contribution in [0.5, 0.6) is 0 Å². The van der Waals surface area contributed by atoms with Gasteiger partial charge in [0.2, 0.25) is 0 Å². The second kappa shape index (κ2) is 63.5. The summed E-state index contributed by atoms with van der Waals surface area (Å²) < 4.78 is 0. The number of carboxylic acids is 3. The molecule has 0 aliphatic heterocycles. The fraction of sp³-hybridized carbons (Fsp3) is 0.944. The maximum Gasteiger partial charge on any atom is 0.316 e. The van der Waals surface area contributed by atoms with Crippen molar-refractivity contribution in [2.75, 3.05) is 0 Å². The Kier molecular flexibility index (Phi) is 69.5. The molecule has 3 N–H and O–H groups in total. The molecule has 364 valence electrons. The average Bonchev–Trinajstić information content (AvgIpc) is 3.22. The highest BCUT2D eigenvalue weighted by Gasteiger charge is 2.00. The van der Waals surface area contributed by atoms with E-state index in [2.05, 4.69) is 20.8 Å². The zero-order valence-corrected chi connectivity index (χ0v) is 41.0. The summed E-state index contributed by atoms with van der Waals surface area (Å²) in [4.78, 5) is 31.0. The highest BCUT2D eigenvalue weighted by molar-refractivity contribution is 5.75. The Balaban J connectivity index is -0.000000396. The van der Waals surface area contributed by atoms with Gasteiger partial charge in [0.25, 0.3) is 0 Å². The normalized spacial score (nSPS) is 10.7. The van der Waals surface area contributed by atoms with Crippen molar-refractivity contribution in [3.63, 3.8) is 0 Å². The molecule has 0 bridgehead atoms. The van der Waals surface area contributed by atoms with E-state index in [1.54, 1.807) is 0 Å². The van der Waals surface area contributed by atoms with Crippen LogP contribution in [0, 0.1) is 0 Å². The summed E-state index contributed by atoms with van der Waals surface area (Å²) in [6, 6.07) is 0. The predicted octanol–water partition coefficient (Wildman–Crippen LogP) is 18.1. The fourth-order valence-electron chi connectivity index (χ4n) is 7.94. The Morgan fingerprint density at radius 2 is 0.311 bits per heavy atom. The van der Waals surface area contributed by atoms with Gasteiger partial charge in [-0.25, -0.2) is 0 Å². The number of carboxylic acid groups (broad SMARTS) is 3. The second-order valence-corrected chi connectivity index (χ2v) is 18.3. The number of unbranched alkanes of at least 4 members (excludes halogenated alkanes) is 42. The maximum absolute atomic E-state index is 10.3. The van der Waals surface area contributed by atoms with Crippen molar-refractivity contribution in [1.82, 2.24) is 0 Å². The lowest BCUT2D eigenvalue weighted by atomic mass is 10.0. The van der Waals surface area contributed by atoms with E-state index in [1.807, 2.05) is 0 Å². The minimum absolute atomic E-state index is 0. The van der Waals surface area contributed by atoms with Crippen molar-refractivity contribution in [3.05, 3.63) is 0 Å². The Morgan fingerprint density at radius 3 is 0.410 bits per heavy atom. The molecule has 6 nitrogen and oxygen atoms in total. The van der Waals surface area contributed by atoms with Crippen molar-refractivity contribution in [3.8, 4) is 0 Å². The third-order valence-corrected chi connectivity index (χ3v) is 12.0. The molecule has 0 aliphatic rings. The topological polar surface area (TPSA) is 112 Å². The summed E-state index contributed by atoms with van der Waals surface area (Å²) in [5, 5.41) is 25.6. The molecule has 0 aromatic heterocycles. The van der Waals surface area contributed by atoms with Crippen LogP contribution in [0.1, 0.15) is 329 Å². The van der Waals surface area contributed by atoms with Gasteiger partial charge in [-0.3, -0.25) is 14.4 Å². The van der Waals surface area contributed by atoms with E-state index >= 15 is 0 Å². The van der Waals surface area contributed by atoms with Gasteiger partial charge < -0.3 is 15.3 Å². The van der Waals surface area contributed by atoms with Crippen molar-refractivity contribution >= 4 is 41.0 Å². The van der Waals surface area contributed by atoms with Crippen LogP contribution < -0.4 is 0 Å². The van der Waals surface area contributed by atoms with E-state index in [9.17, 15) is 14.4 Å². The standard InChI is InChI=1S/3C18H36O2.Mg.2H/c3*1-2-3-4-5-6-7-8-9-10-11-12-13-14-15-16-17-18(19)20;;;/h3*2-17H2,1H3,(H,19,20);;;. The lowest BCUT2D eigenvalue weighted by Gasteiger charge is -2.03. The van der Waals surface area contributed by atoms with Crippen LogP contribution in [0.2, 0.25) is 0 Å². The molecule has 0 unspecified atom stereocenters. The molecule has 0 spiro atoms. The first-order valence-electron chi connectivity index (χ1n) is 27.0. The number of rotatable bonds is 48. The van der Waals surface area contributed by atoms with Crippen LogP contribution in [-0.2, 0) is 14.4 Å². The van der Waals surface area contributed by atoms with E-state index in [0.717, 1.165) is 38.5 Å². The molecular weight excluding hydrogens is 769 g/mol. The molecule has 0 heterocycles. The second-order valence-electron chi connectivity index (χ2n) is 18.3. The smallest absolute Gasteiger partial charge is 0.316 e. The lowest BCUT2D eigenvalue weighted by Crippen LogP contribution is -1.93. The number of aliphatic carboxylic acids is 3. The van der Waals surface area contributed by atoms with Crippen LogP contribution in [0.4, 0.5) is 0 Å². The van der Waals surface area contributed by atoms with E-state index in [-0.39, 0.29) is 23.1 Å². The Labute approximate surface area is 397 Å². The van der Waals surface area contributed by atoms with E-state index in [4.69, 9.17) is 15.3 Å². The quantitative estimate of drug-likeness (QED) is 0.0415. The summed E-state index contributed by atoms with van der Waals surface area (Å²) in [5.74, 6) is -1.96. The monoisotopic (exact) mass is 879 g/mol. The SMILES string of the molecule is CCCCCCCCCCCCCCCCCC(=O)O.CCCCCCCCCCCCCCCCCC(=O)O.CCCCCCCCCCCCCCCCCC(=O)O.[MgH2]. The van der Waals surface area contributed by atoms with Gasteiger partial charge in [-0.1, -0.05) is 290 Å².